The molecule has 0 amide bonds. The quantitative estimate of drug-likeness (QED) is 0.0195. The third kappa shape index (κ3) is 69.9. The molecule has 88 heavy (non-hydrogen) atoms. The van der Waals surface area contributed by atoms with E-state index in [0.29, 0.717) is 23.9 Å². The maximum absolute atomic E-state index is 12.8. The first-order valence-electron chi connectivity index (χ1n) is 34.1. The fourth-order valence-corrected chi connectivity index (χ4v) is 9.18. The second-order valence-electron chi connectivity index (χ2n) is 23.1. The standard InChI is InChI=1S/C78H124NO8P/c1-6-8-10-12-14-16-18-20-22-24-26-28-30-32-34-35-36-37-38-39-40-41-42-43-45-47-49-51-53-55-57-59-61-63-65-67-69-71-78(81)87-76(75-86-88(82,83)85-73-72-79(3,4)5)74-84-77(80)70-68-66-64-62-60-58-56-54-52-50-48-46-44-33-31-29-27-25-23-21-19-17-15-13-11-9-7-2/h8-11,14-17,20-23,26-29,32-34,36-37,39-40,42-44,47,49,53,55,59,61,76H,6-7,12-13,18-19,24-25,30-31,35,38,41,45-46,48,50-52,54,56-58,60,62-75H2,1-5H3/b10-8-,11-9-,16-14-,17-15-,22-20-,23-21-,28-26-,29-27-,34-32-,37-36-,40-39-,43-42-,44-33-,49-47-,55-53-,61-59-. The van der Waals surface area contributed by atoms with Crippen LogP contribution in [0.4, 0.5) is 0 Å². The van der Waals surface area contributed by atoms with Crippen molar-refractivity contribution in [2.75, 3.05) is 47.5 Å². The molecule has 0 fully saturated rings. The molecule has 0 aliphatic rings. The predicted octanol–water partition coefficient (Wildman–Crippen LogP) is 21.9. The number of phosphoric acid groups is 1. The van der Waals surface area contributed by atoms with Crippen LogP contribution in [0.5, 0.6) is 0 Å². The van der Waals surface area contributed by atoms with Crippen LogP contribution in [-0.4, -0.2) is 70.0 Å². The summed E-state index contributed by atoms with van der Waals surface area (Å²) in [4.78, 5) is 38.0. The van der Waals surface area contributed by atoms with Crippen molar-refractivity contribution in [1.29, 1.82) is 0 Å². The Bertz CT molecular complexity index is 2190. The van der Waals surface area contributed by atoms with Crippen LogP contribution in [0.25, 0.3) is 0 Å². The van der Waals surface area contributed by atoms with Crippen LogP contribution in [0.15, 0.2) is 194 Å². The largest absolute Gasteiger partial charge is 0.756 e. The highest BCUT2D eigenvalue weighted by Gasteiger charge is 2.22. The Morgan fingerprint density at radius 3 is 0.920 bits per heavy atom. The van der Waals surface area contributed by atoms with E-state index in [2.05, 4.69) is 208 Å². The Balaban J connectivity index is 4.23. The van der Waals surface area contributed by atoms with E-state index in [1.807, 2.05) is 21.1 Å². The lowest BCUT2D eigenvalue weighted by atomic mass is 10.0. The van der Waals surface area contributed by atoms with Gasteiger partial charge in [0.1, 0.15) is 19.8 Å². The molecule has 10 heteroatoms. The molecule has 0 aromatic heterocycles. The van der Waals surface area contributed by atoms with Crippen molar-refractivity contribution in [2.45, 2.75) is 238 Å². The van der Waals surface area contributed by atoms with Crippen LogP contribution in [0.2, 0.25) is 0 Å². The molecule has 2 unspecified atom stereocenters. The molecule has 494 valence electrons. The number of phosphoric ester groups is 1. The Labute approximate surface area is 539 Å². The van der Waals surface area contributed by atoms with Gasteiger partial charge >= 0.3 is 11.9 Å². The summed E-state index contributed by atoms with van der Waals surface area (Å²) in [5.41, 5.74) is 0. The van der Waals surface area contributed by atoms with E-state index in [-0.39, 0.29) is 26.1 Å². The summed E-state index contributed by atoms with van der Waals surface area (Å²) >= 11 is 0. The van der Waals surface area contributed by atoms with Gasteiger partial charge in [0.05, 0.1) is 27.7 Å². The maximum atomic E-state index is 12.8. The highest BCUT2D eigenvalue weighted by atomic mass is 31.2. The average molecular weight is 1230 g/mol. The number of unbranched alkanes of at least 4 members (excludes halogenated alkanes) is 14. The average Bonchev–Trinajstić information content (AvgIpc) is 3.68. The van der Waals surface area contributed by atoms with Crippen molar-refractivity contribution in [2.24, 2.45) is 0 Å². The highest BCUT2D eigenvalue weighted by Crippen LogP contribution is 2.38. The van der Waals surface area contributed by atoms with Gasteiger partial charge in [-0.1, -0.05) is 272 Å². The molecule has 2 atom stereocenters. The topological polar surface area (TPSA) is 111 Å². The van der Waals surface area contributed by atoms with Crippen LogP contribution >= 0.6 is 7.82 Å². The first kappa shape index (κ1) is 82.8. The molecule has 0 aliphatic heterocycles. The van der Waals surface area contributed by atoms with E-state index < -0.39 is 32.5 Å². The Hall–Kier alpha value is -5.15. The molecule has 0 aliphatic carbocycles. The number of allylic oxidation sites excluding steroid dienone is 32. The number of likely N-dealkylation sites (N-methyl/N-ethyl adjacent to an activating group) is 1. The fraction of sp³-hybridized carbons (Fsp3) is 0.564. The van der Waals surface area contributed by atoms with Crippen LogP contribution in [0.3, 0.4) is 0 Å². The van der Waals surface area contributed by atoms with E-state index >= 15 is 0 Å². The number of rotatable bonds is 60. The van der Waals surface area contributed by atoms with Gasteiger partial charge in [-0.25, -0.2) is 0 Å². The van der Waals surface area contributed by atoms with Crippen molar-refractivity contribution in [3.05, 3.63) is 194 Å². The van der Waals surface area contributed by atoms with E-state index in [1.165, 1.54) is 44.9 Å². The number of hydrogen-bond donors (Lipinski definition) is 0. The minimum Gasteiger partial charge on any atom is -0.756 e. The number of hydrogen-bond acceptors (Lipinski definition) is 8. The molecule has 0 bridgehead atoms. The molecule has 9 nitrogen and oxygen atoms in total. The third-order valence-corrected chi connectivity index (χ3v) is 14.6. The predicted molar refractivity (Wildman–Crippen MR) is 378 cm³/mol. The normalized spacial score (nSPS) is 14.4. The van der Waals surface area contributed by atoms with Gasteiger partial charge in [0.2, 0.25) is 0 Å². The van der Waals surface area contributed by atoms with Gasteiger partial charge < -0.3 is 27.9 Å². The van der Waals surface area contributed by atoms with Gasteiger partial charge in [-0.05, 0) is 141 Å². The number of carbonyl (C=O) groups is 2. The molecular formula is C78H124NO8P. The zero-order chi connectivity index (χ0) is 64.1. The van der Waals surface area contributed by atoms with Crippen LogP contribution < -0.4 is 4.89 Å². The summed E-state index contributed by atoms with van der Waals surface area (Å²) in [6.45, 7) is 3.95. The van der Waals surface area contributed by atoms with Gasteiger partial charge in [-0.3, -0.25) is 14.2 Å². The first-order chi connectivity index (χ1) is 43.0. The molecule has 0 aromatic carbocycles. The number of quaternary nitrogens is 1. The molecule has 0 rings (SSSR count). The van der Waals surface area contributed by atoms with E-state index in [9.17, 15) is 19.0 Å². The number of nitrogens with zero attached hydrogens (tertiary/aromatic N) is 1. The van der Waals surface area contributed by atoms with Crippen LogP contribution in [0, 0.1) is 0 Å². The summed E-state index contributed by atoms with van der Waals surface area (Å²) in [7, 11) is 1.11. The Morgan fingerprint density at radius 1 is 0.352 bits per heavy atom. The van der Waals surface area contributed by atoms with Crippen molar-refractivity contribution >= 4 is 19.8 Å². The van der Waals surface area contributed by atoms with E-state index in [1.54, 1.807) is 0 Å². The highest BCUT2D eigenvalue weighted by molar-refractivity contribution is 7.45. The van der Waals surface area contributed by atoms with Gasteiger partial charge in [0, 0.05) is 12.8 Å². The minimum atomic E-state index is -4.67. The Morgan fingerprint density at radius 2 is 0.614 bits per heavy atom. The van der Waals surface area contributed by atoms with Crippen molar-refractivity contribution in [3.63, 3.8) is 0 Å². The summed E-state index contributed by atoms with van der Waals surface area (Å²) < 4.78 is 34.2. The third-order valence-electron chi connectivity index (χ3n) is 13.6. The van der Waals surface area contributed by atoms with E-state index in [0.717, 1.165) is 148 Å². The lowest BCUT2D eigenvalue weighted by molar-refractivity contribution is -0.870. The summed E-state index contributed by atoms with van der Waals surface area (Å²) in [5.74, 6) is -0.890. The first-order valence-corrected chi connectivity index (χ1v) is 35.6. The molecule has 0 radical (unpaired) electrons. The number of esters is 2. The van der Waals surface area contributed by atoms with Gasteiger partial charge in [0.25, 0.3) is 7.82 Å². The summed E-state index contributed by atoms with van der Waals surface area (Å²) in [6, 6.07) is 0. The van der Waals surface area contributed by atoms with Crippen molar-refractivity contribution in [3.8, 4) is 0 Å². The zero-order valence-electron chi connectivity index (χ0n) is 56.1. The molecule has 0 aromatic rings. The molecule has 0 N–H and O–H groups in total. The number of ether oxygens (including phenoxy) is 2. The zero-order valence-corrected chi connectivity index (χ0v) is 57.0. The van der Waals surface area contributed by atoms with Crippen molar-refractivity contribution in [1.82, 2.24) is 0 Å². The molecule has 0 heterocycles. The van der Waals surface area contributed by atoms with E-state index in [4.69, 9.17) is 18.5 Å². The van der Waals surface area contributed by atoms with Crippen LogP contribution in [-0.2, 0) is 32.7 Å². The number of carbonyl (C=O) groups excluding carboxylic acids is 2. The maximum Gasteiger partial charge on any atom is 0.306 e. The molecule has 0 saturated carbocycles. The smallest absolute Gasteiger partial charge is 0.306 e. The summed E-state index contributed by atoms with van der Waals surface area (Å²) in [6.07, 6.45) is 104. The fourth-order valence-electron chi connectivity index (χ4n) is 8.45. The van der Waals surface area contributed by atoms with Gasteiger partial charge in [-0.2, -0.15) is 0 Å². The molecule has 0 spiro atoms. The second kappa shape index (κ2) is 66.3. The lowest BCUT2D eigenvalue weighted by Gasteiger charge is -2.28. The Kier molecular flexibility index (Phi) is 62.4. The van der Waals surface area contributed by atoms with Crippen LogP contribution in [0.1, 0.15) is 232 Å². The molecule has 0 saturated heterocycles. The lowest BCUT2D eigenvalue weighted by Crippen LogP contribution is -2.37. The monoisotopic (exact) mass is 1230 g/mol. The SMILES string of the molecule is CC/C=C\C/C=C\C/C=C\C/C=C\C/C=C\C/C=C\C/C=C\C/C=C\C/C=C\C/C=C\C/C=C\CCCCCC(=O)OC(COC(=O)CCCCCCCCCCCCC/C=C\C/C=C\C/C=C\C/C=C\C/C=C\CC)COP(=O)([O-])OCC[N+](C)(C)C. The summed E-state index contributed by atoms with van der Waals surface area (Å²) in [5, 5.41) is 0. The van der Waals surface area contributed by atoms with Crippen molar-refractivity contribution < 1.29 is 42.1 Å². The second-order valence-corrected chi connectivity index (χ2v) is 24.5. The van der Waals surface area contributed by atoms with Gasteiger partial charge in [-0.15, -0.1) is 0 Å². The molecular weight excluding hydrogens is 1110 g/mol. The van der Waals surface area contributed by atoms with Gasteiger partial charge in [0.15, 0.2) is 6.10 Å². The minimum absolute atomic E-state index is 0.0491.